The fraction of sp³-hybridized carbons (Fsp3) is 0.294. The van der Waals surface area contributed by atoms with Gasteiger partial charge in [-0.25, -0.2) is 0 Å². The van der Waals surface area contributed by atoms with Gasteiger partial charge in [0.25, 0.3) is 0 Å². The SMILES string of the molecule is OC[C@@H](O)[C@H](O)[C@H](O)C(c1ccc(Cl)cc1)c1ccc(Cl)cc1. The summed E-state index contributed by atoms with van der Waals surface area (Å²) < 4.78 is 0. The quantitative estimate of drug-likeness (QED) is 0.639. The van der Waals surface area contributed by atoms with Crippen molar-refractivity contribution in [3.63, 3.8) is 0 Å². The number of rotatable bonds is 6. The molecule has 4 N–H and O–H groups in total. The van der Waals surface area contributed by atoms with Crippen molar-refractivity contribution in [1.29, 1.82) is 0 Å². The fourth-order valence-electron chi connectivity index (χ4n) is 2.46. The minimum Gasteiger partial charge on any atom is -0.394 e. The van der Waals surface area contributed by atoms with Gasteiger partial charge in [0, 0.05) is 16.0 Å². The van der Waals surface area contributed by atoms with Crippen LogP contribution in [0.1, 0.15) is 17.0 Å². The van der Waals surface area contributed by atoms with Crippen LogP contribution in [0, 0.1) is 0 Å². The van der Waals surface area contributed by atoms with E-state index in [1.165, 1.54) is 0 Å². The lowest BCUT2D eigenvalue weighted by atomic mass is 9.83. The van der Waals surface area contributed by atoms with E-state index in [0.29, 0.717) is 21.2 Å². The molecule has 0 bridgehead atoms. The van der Waals surface area contributed by atoms with E-state index in [1.807, 2.05) is 0 Å². The molecule has 0 aliphatic heterocycles. The Kier molecular flexibility index (Phi) is 6.41. The van der Waals surface area contributed by atoms with E-state index in [1.54, 1.807) is 48.5 Å². The normalized spacial score (nSPS) is 15.4. The van der Waals surface area contributed by atoms with E-state index in [4.69, 9.17) is 28.3 Å². The Morgan fingerprint density at radius 2 is 1.09 bits per heavy atom. The first-order chi connectivity index (χ1) is 10.9. The third kappa shape index (κ3) is 4.44. The van der Waals surface area contributed by atoms with Crippen LogP contribution in [0.5, 0.6) is 0 Å². The lowest BCUT2D eigenvalue weighted by Gasteiger charge is -2.29. The lowest BCUT2D eigenvalue weighted by molar-refractivity contribution is -0.0806. The largest absolute Gasteiger partial charge is 0.394 e. The fourth-order valence-corrected chi connectivity index (χ4v) is 2.71. The van der Waals surface area contributed by atoms with Crippen LogP contribution < -0.4 is 0 Å². The Morgan fingerprint density at radius 3 is 1.43 bits per heavy atom. The number of halogens is 2. The van der Waals surface area contributed by atoms with Crippen LogP contribution in [0.2, 0.25) is 10.0 Å². The van der Waals surface area contributed by atoms with Crippen molar-refractivity contribution < 1.29 is 20.4 Å². The van der Waals surface area contributed by atoms with Gasteiger partial charge in [0.1, 0.15) is 12.2 Å². The van der Waals surface area contributed by atoms with Gasteiger partial charge in [-0.05, 0) is 35.4 Å². The molecule has 0 aliphatic rings. The summed E-state index contributed by atoms with van der Waals surface area (Å²) in [5.41, 5.74) is 1.43. The number of hydrogen-bond donors (Lipinski definition) is 4. The smallest absolute Gasteiger partial charge is 0.109 e. The Morgan fingerprint density at radius 1 is 0.696 bits per heavy atom. The molecule has 4 nitrogen and oxygen atoms in total. The molecule has 0 aromatic heterocycles. The second-order valence-electron chi connectivity index (χ2n) is 5.31. The van der Waals surface area contributed by atoms with E-state index in [2.05, 4.69) is 0 Å². The molecule has 2 rings (SSSR count). The molecule has 0 saturated heterocycles. The monoisotopic (exact) mass is 356 g/mol. The molecule has 23 heavy (non-hydrogen) atoms. The molecule has 0 heterocycles. The topological polar surface area (TPSA) is 80.9 Å². The Bertz CT molecular complexity index is 570. The molecule has 6 heteroatoms. The van der Waals surface area contributed by atoms with Crippen LogP contribution >= 0.6 is 23.2 Å². The minimum atomic E-state index is -1.50. The molecule has 0 unspecified atom stereocenters. The highest BCUT2D eigenvalue weighted by atomic mass is 35.5. The summed E-state index contributed by atoms with van der Waals surface area (Å²) >= 11 is 11.8. The number of aliphatic hydroxyl groups excluding tert-OH is 4. The maximum atomic E-state index is 10.5. The van der Waals surface area contributed by atoms with Gasteiger partial charge < -0.3 is 20.4 Å². The van der Waals surface area contributed by atoms with Crippen LogP contribution in [-0.2, 0) is 0 Å². The van der Waals surface area contributed by atoms with Gasteiger partial charge in [-0.15, -0.1) is 0 Å². The minimum absolute atomic E-state index is 0.550. The predicted octanol–water partition coefficient (Wildman–Crippen LogP) is 2.20. The van der Waals surface area contributed by atoms with Crippen molar-refractivity contribution in [3.05, 3.63) is 69.7 Å². The Labute approximate surface area is 144 Å². The van der Waals surface area contributed by atoms with Crippen LogP contribution in [-0.4, -0.2) is 45.3 Å². The third-order valence-electron chi connectivity index (χ3n) is 3.73. The van der Waals surface area contributed by atoms with Crippen molar-refractivity contribution in [2.24, 2.45) is 0 Å². The summed E-state index contributed by atoms with van der Waals surface area (Å²) in [5, 5.41) is 40.3. The summed E-state index contributed by atoms with van der Waals surface area (Å²) in [7, 11) is 0. The number of hydrogen-bond acceptors (Lipinski definition) is 4. The summed E-state index contributed by atoms with van der Waals surface area (Å²) in [6.45, 7) is -0.647. The van der Waals surface area contributed by atoms with Gasteiger partial charge >= 0.3 is 0 Å². The highest BCUT2D eigenvalue weighted by Crippen LogP contribution is 2.32. The van der Waals surface area contributed by atoms with Crippen LogP contribution in [0.15, 0.2) is 48.5 Å². The molecule has 0 radical (unpaired) electrons. The first-order valence-electron chi connectivity index (χ1n) is 7.10. The molecular weight excluding hydrogens is 339 g/mol. The molecule has 0 aliphatic carbocycles. The average molecular weight is 357 g/mol. The van der Waals surface area contributed by atoms with Crippen molar-refractivity contribution in [3.8, 4) is 0 Å². The molecule has 0 spiro atoms. The highest BCUT2D eigenvalue weighted by Gasteiger charge is 2.33. The van der Waals surface area contributed by atoms with Crippen molar-refractivity contribution >= 4 is 23.2 Å². The van der Waals surface area contributed by atoms with Gasteiger partial charge in [0.05, 0.1) is 12.7 Å². The molecule has 0 saturated carbocycles. The summed E-state index contributed by atoms with van der Waals surface area (Å²) in [4.78, 5) is 0. The van der Waals surface area contributed by atoms with Gasteiger partial charge in [-0.2, -0.15) is 0 Å². The molecule has 0 fully saturated rings. The lowest BCUT2D eigenvalue weighted by Crippen LogP contribution is -2.43. The number of aliphatic hydroxyl groups is 4. The van der Waals surface area contributed by atoms with Crippen LogP contribution in [0.3, 0.4) is 0 Å². The maximum absolute atomic E-state index is 10.5. The van der Waals surface area contributed by atoms with Crippen molar-refractivity contribution in [2.45, 2.75) is 24.2 Å². The van der Waals surface area contributed by atoms with Crippen LogP contribution in [0.25, 0.3) is 0 Å². The summed E-state index contributed by atoms with van der Waals surface area (Å²) in [6, 6.07) is 13.7. The van der Waals surface area contributed by atoms with Gasteiger partial charge in [0.15, 0.2) is 0 Å². The molecule has 0 amide bonds. The predicted molar refractivity (Wildman–Crippen MR) is 89.9 cm³/mol. The first-order valence-corrected chi connectivity index (χ1v) is 7.85. The average Bonchev–Trinajstić information content (AvgIpc) is 2.57. The molecule has 124 valence electrons. The second kappa shape index (κ2) is 8.11. The zero-order valence-corrected chi connectivity index (χ0v) is 13.7. The van der Waals surface area contributed by atoms with Crippen LogP contribution in [0.4, 0.5) is 0 Å². The van der Waals surface area contributed by atoms with E-state index in [-0.39, 0.29) is 0 Å². The first kappa shape index (κ1) is 18.2. The standard InChI is InChI=1S/C17H18Cl2O4/c18-12-5-1-10(2-6-12)15(11-3-7-13(19)8-4-11)17(23)16(22)14(21)9-20/h1-8,14-17,20-23H,9H2/t14-,16+,17-/m1/s1. The third-order valence-corrected chi connectivity index (χ3v) is 4.23. The van der Waals surface area contributed by atoms with Gasteiger partial charge in [-0.1, -0.05) is 47.5 Å². The molecule has 3 atom stereocenters. The van der Waals surface area contributed by atoms with E-state index < -0.39 is 30.8 Å². The molecular formula is C17H18Cl2O4. The zero-order chi connectivity index (χ0) is 17.0. The molecule has 2 aromatic carbocycles. The van der Waals surface area contributed by atoms with Crippen molar-refractivity contribution in [2.75, 3.05) is 6.61 Å². The summed E-state index contributed by atoms with van der Waals surface area (Å²) in [6.07, 6.45) is -4.26. The van der Waals surface area contributed by atoms with Crippen molar-refractivity contribution in [1.82, 2.24) is 0 Å². The Hall–Kier alpha value is -1.14. The Balaban J connectivity index is 2.42. The maximum Gasteiger partial charge on any atom is 0.109 e. The zero-order valence-electron chi connectivity index (χ0n) is 12.2. The summed E-state index contributed by atoms with van der Waals surface area (Å²) in [5.74, 6) is -0.610. The number of benzene rings is 2. The highest BCUT2D eigenvalue weighted by molar-refractivity contribution is 6.30. The van der Waals surface area contributed by atoms with E-state index >= 15 is 0 Å². The van der Waals surface area contributed by atoms with Gasteiger partial charge in [-0.3, -0.25) is 0 Å². The van der Waals surface area contributed by atoms with E-state index in [0.717, 1.165) is 0 Å². The van der Waals surface area contributed by atoms with Gasteiger partial charge in [0.2, 0.25) is 0 Å². The second-order valence-corrected chi connectivity index (χ2v) is 6.18. The molecule has 2 aromatic rings. The van der Waals surface area contributed by atoms with E-state index in [9.17, 15) is 15.3 Å².